The highest BCUT2D eigenvalue weighted by Gasteiger charge is 2.23. The summed E-state index contributed by atoms with van der Waals surface area (Å²) >= 11 is 1.07. The van der Waals surface area contributed by atoms with Gasteiger partial charge in [0.25, 0.3) is 5.91 Å². The van der Waals surface area contributed by atoms with Crippen LogP contribution < -0.4 is 5.73 Å². The molecule has 0 radical (unpaired) electrons. The fourth-order valence-electron chi connectivity index (χ4n) is 1.41. The zero-order valence-corrected chi connectivity index (χ0v) is 7.88. The van der Waals surface area contributed by atoms with Gasteiger partial charge in [0.2, 0.25) is 0 Å². The summed E-state index contributed by atoms with van der Waals surface area (Å²) in [6.45, 7) is 1.66. The normalized spacial score (nSPS) is 16.5. The number of amides is 1. The summed E-state index contributed by atoms with van der Waals surface area (Å²) in [7, 11) is 0. The smallest absolute Gasteiger partial charge is 0.269 e. The highest BCUT2D eigenvalue weighted by Crippen LogP contribution is 2.18. The Morgan fingerprint density at radius 1 is 1.46 bits per heavy atom. The molecule has 0 unspecified atom stereocenters. The van der Waals surface area contributed by atoms with Crippen molar-refractivity contribution in [2.75, 3.05) is 18.8 Å². The van der Waals surface area contributed by atoms with E-state index in [1.807, 2.05) is 0 Å². The molecule has 1 amide bonds. The number of nitrogen functional groups attached to an aromatic ring is 1. The van der Waals surface area contributed by atoms with Gasteiger partial charge >= 0.3 is 0 Å². The summed E-state index contributed by atoms with van der Waals surface area (Å²) in [5, 5.41) is 3.61. The van der Waals surface area contributed by atoms with E-state index in [9.17, 15) is 4.79 Å². The van der Waals surface area contributed by atoms with Gasteiger partial charge in [0.05, 0.1) is 0 Å². The number of rotatable bonds is 1. The van der Waals surface area contributed by atoms with Crippen LogP contribution >= 0.6 is 11.5 Å². The minimum absolute atomic E-state index is 0.0231. The Labute approximate surface area is 79.7 Å². The van der Waals surface area contributed by atoms with Crippen molar-refractivity contribution in [1.29, 1.82) is 0 Å². The van der Waals surface area contributed by atoms with Gasteiger partial charge in [-0.2, -0.15) is 0 Å². The second kappa shape index (κ2) is 3.29. The molecule has 1 aromatic heterocycles. The van der Waals surface area contributed by atoms with E-state index in [4.69, 9.17) is 5.73 Å². The van der Waals surface area contributed by atoms with Gasteiger partial charge in [-0.1, -0.05) is 4.49 Å². The molecule has 13 heavy (non-hydrogen) atoms. The van der Waals surface area contributed by atoms with E-state index in [1.165, 1.54) is 0 Å². The van der Waals surface area contributed by atoms with Crippen molar-refractivity contribution in [3.8, 4) is 0 Å². The molecular formula is C7H10N4OS. The van der Waals surface area contributed by atoms with Gasteiger partial charge in [-0.05, 0) is 24.4 Å². The average Bonchev–Trinajstić information content (AvgIpc) is 2.72. The standard InChI is InChI=1S/C7H10N4OS/c8-6-5(13-10-9-6)7(12)11-3-1-2-4-11/h1-4,8H2. The van der Waals surface area contributed by atoms with Crippen molar-refractivity contribution in [3.05, 3.63) is 4.88 Å². The van der Waals surface area contributed by atoms with Gasteiger partial charge in [-0.15, -0.1) is 5.10 Å². The summed E-state index contributed by atoms with van der Waals surface area (Å²) in [6, 6.07) is 0. The van der Waals surface area contributed by atoms with Crippen LogP contribution in [0, 0.1) is 0 Å². The Balaban J connectivity index is 2.17. The zero-order valence-electron chi connectivity index (χ0n) is 7.06. The lowest BCUT2D eigenvalue weighted by Crippen LogP contribution is -2.27. The average molecular weight is 198 g/mol. The van der Waals surface area contributed by atoms with Gasteiger partial charge in [0.1, 0.15) is 0 Å². The molecule has 2 N–H and O–H groups in total. The van der Waals surface area contributed by atoms with Crippen molar-refractivity contribution in [2.45, 2.75) is 12.8 Å². The van der Waals surface area contributed by atoms with Crippen molar-refractivity contribution < 1.29 is 4.79 Å². The Morgan fingerprint density at radius 3 is 2.69 bits per heavy atom. The first kappa shape index (κ1) is 8.43. The molecule has 1 aromatic rings. The maximum atomic E-state index is 11.7. The molecule has 2 heterocycles. The van der Waals surface area contributed by atoms with Crippen molar-refractivity contribution >= 4 is 23.3 Å². The van der Waals surface area contributed by atoms with Crippen LogP contribution in [-0.4, -0.2) is 33.5 Å². The predicted molar refractivity (Wildman–Crippen MR) is 49.5 cm³/mol. The molecule has 0 bridgehead atoms. The molecule has 1 aliphatic rings. The number of aromatic nitrogens is 2. The quantitative estimate of drug-likeness (QED) is 0.707. The van der Waals surface area contributed by atoms with Crippen LogP contribution in [0.15, 0.2) is 0 Å². The van der Waals surface area contributed by atoms with Gasteiger partial charge in [-0.3, -0.25) is 4.79 Å². The molecule has 0 aromatic carbocycles. The van der Waals surface area contributed by atoms with Crippen LogP contribution in [0.2, 0.25) is 0 Å². The molecule has 0 spiro atoms. The fraction of sp³-hybridized carbons (Fsp3) is 0.571. The van der Waals surface area contributed by atoms with Crippen molar-refractivity contribution in [2.24, 2.45) is 0 Å². The molecule has 1 aliphatic heterocycles. The van der Waals surface area contributed by atoms with Gasteiger partial charge in [-0.25, -0.2) is 0 Å². The summed E-state index contributed by atoms with van der Waals surface area (Å²) in [5.74, 6) is 0.229. The molecule has 70 valence electrons. The van der Waals surface area contributed by atoms with Crippen LogP contribution in [-0.2, 0) is 0 Å². The van der Waals surface area contributed by atoms with Crippen LogP contribution in [0.3, 0.4) is 0 Å². The summed E-state index contributed by atoms with van der Waals surface area (Å²) in [5.41, 5.74) is 5.50. The Morgan fingerprint density at radius 2 is 2.15 bits per heavy atom. The maximum absolute atomic E-state index is 11.7. The van der Waals surface area contributed by atoms with Crippen LogP contribution in [0.5, 0.6) is 0 Å². The Kier molecular flexibility index (Phi) is 2.13. The van der Waals surface area contributed by atoms with E-state index >= 15 is 0 Å². The van der Waals surface area contributed by atoms with Gasteiger partial charge < -0.3 is 10.6 Å². The molecule has 5 nitrogen and oxygen atoms in total. The number of nitrogens with zero attached hydrogens (tertiary/aromatic N) is 3. The lowest BCUT2D eigenvalue weighted by molar-refractivity contribution is 0.0798. The van der Waals surface area contributed by atoms with Crippen molar-refractivity contribution in [1.82, 2.24) is 14.5 Å². The number of anilines is 1. The molecular weight excluding hydrogens is 188 g/mol. The summed E-state index contributed by atoms with van der Waals surface area (Å²) < 4.78 is 3.63. The molecule has 0 saturated carbocycles. The summed E-state index contributed by atoms with van der Waals surface area (Å²) in [6.07, 6.45) is 2.16. The van der Waals surface area contributed by atoms with Crippen LogP contribution in [0.1, 0.15) is 22.5 Å². The topological polar surface area (TPSA) is 72.1 Å². The third-order valence-corrected chi connectivity index (χ3v) is 2.83. The summed E-state index contributed by atoms with van der Waals surface area (Å²) in [4.78, 5) is 14.0. The number of hydrogen-bond donors (Lipinski definition) is 1. The first-order valence-electron chi connectivity index (χ1n) is 4.16. The molecule has 2 rings (SSSR count). The Bertz CT molecular complexity index is 318. The SMILES string of the molecule is Nc1nnsc1C(=O)N1CCCC1. The Hall–Kier alpha value is -1.17. The highest BCUT2D eigenvalue weighted by atomic mass is 32.1. The zero-order chi connectivity index (χ0) is 9.26. The van der Waals surface area contributed by atoms with Gasteiger partial charge in [0.15, 0.2) is 10.7 Å². The predicted octanol–water partition coefficient (Wildman–Crippen LogP) is 0.356. The van der Waals surface area contributed by atoms with E-state index in [0.717, 1.165) is 37.5 Å². The van der Waals surface area contributed by atoms with E-state index in [1.54, 1.807) is 4.90 Å². The molecule has 1 saturated heterocycles. The minimum Gasteiger partial charge on any atom is -0.381 e. The third-order valence-electron chi connectivity index (χ3n) is 2.10. The van der Waals surface area contributed by atoms with Crippen LogP contribution in [0.4, 0.5) is 5.82 Å². The van der Waals surface area contributed by atoms with Crippen LogP contribution in [0.25, 0.3) is 0 Å². The van der Waals surface area contributed by atoms with Gasteiger partial charge in [0, 0.05) is 13.1 Å². The minimum atomic E-state index is -0.0231. The lowest BCUT2D eigenvalue weighted by Gasteiger charge is -2.12. The molecule has 1 fully saturated rings. The molecule has 0 atom stereocenters. The number of likely N-dealkylation sites (tertiary alicyclic amines) is 1. The van der Waals surface area contributed by atoms with E-state index in [2.05, 4.69) is 9.59 Å². The molecule has 6 heteroatoms. The number of carbonyl (C=O) groups excluding carboxylic acids is 1. The first-order chi connectivity index (χ1) is 6.29. The lowest BCUT2D eigenvalue weighted by atomic mass is 10.4. The van der Waals surface area contributed by atoms with E-state index < -0.39 is 0 Å². The van der Waals surface area contributed by atoms with E-state index in [0.29, 0.717) is 4.88 Å². The van der Waals surface area contributed by atoms with E-state index in [-0.39, 0.29) is 11.7 Å². The maximum Gasteiger partial charge on any atom is 0.269 e. The highest BCUT2D eigenvalue weighted by molar-refractivity contribution is 7.08. The first-order valence-corrected chi connectivity index (χ1v) is 4.93. The number of carbonyl (C=O) groups is 1. The largest absolute Gasteiger partial charge is 0.381 e. The monoisotopic (exact) mass is 198 g/mol. The fourth-order valence-corrected chi connectivity index (χ4v) is 1.96. The number of nitrogens with two attached hydrogens (primary N) is 1. The second-order valence-electron chi connectivity index (χ2n) is 2.99. The number of hydrogen-bond acceptors (Lipinski definition) is 5. The third kappa shape index (κ3) is 1.49. The van der Waals surface area contributed by atoms with Crippen molar-refractivity contribution in [3.63, 3.8) is 0 Å². The molecule has 0 aliphatic carbocycles. The second-order valence-corrected chi connectivity index (χ2v) is 3.74.